The highest BCUT2D eigenvalue weighted by molar-refractivity contribution is 9.10. The van der Waals surface area contributed by atoms with Crippen LogP contribution in [0.25, 0.3) is 0 Å². The Morgan fingerprint density at radius 2 is 2.00 bits per heavy atom. The van der Waals surface area contributed by atoms with E-state index in [2.05, 4.69) is 32.9 Å². The van der Waals surface area contributed by atoms with E-state index in [1.165, 1.54) is 0 Å². The van der Waals surface area contributed by atoms with Crippen LogP contribution in [0.15, 0.2) is 27.6 Å². The first-order valence-corrected chi connectivity index (χ1v) is 8.27. The van der Waals surface area contributed by atoms with E-state index in [0.717, 1.165) is 18.5 Å². The van der Waals surface area contributed by atoms with Crippen molar-refractivity contribution in [3.05, 3.63) is 28.2 Å². The van der Waals surface area contributed by atoms with E-state index in [1.807, 2.05) is 6.07 Å². The van der Waals surface area contributed by atoms with E-state index in [4.69, 9.17) is 0 Å². The van der Waals surface area contributed by atoms with Crippen LogP contribution in [0.5, 0.6) is 0 Å². The number of hydrogen-bond acceptors (Lipinski definition) is 3. The lowest BCUT2D eigenvalue weighted by atomic mass is 10.2. The molecule has 0 aliphatic heterocycles. The molecule has 0 saturated heterocycles. The second-order valence-electron chi connectivity index (χ2n) is 3.94. The molecule has 0 spiro atoms. The second-order valence-corrected chi connectivity index (χ2v) is 6.53. The highest BCUT2D eigenvalue weighted by Crippen LogP contribution is 2.23. The van der Waals surface area contributed by atoms with Crippen molar-refractivity contribution in [1.82, 2.24) is 10.0 Å². The van der Waals surface area contributed by atoms with Gasteiger partial charge in [0, 0.05) is 17.6 Å². The third kappa shape index (κ3) is 4.35. The van der Waals surface area contributed by atoms with Crippen molar-refractivity contribution in [2.24, 2.45) is 0 Å². The predicted molar refractivity (Wildman–Crippen MR) is 77.0 cm³/mol. The summed E-state index contributed by atoms with van der Waals surface area (Å²) in [4.78, 5) is 0.292. The van der Waals surface area contributed by atoms with Gasteiger partial charge in [0.15, 0.2) is 0 Å². The Labute approximate surface area is 117 Å². The van der Waals surface area contributed by atoms with Gasteiger partial charge in [0.25, 0.3) is 0 Å². The fraction of sp³-hybridized carbons (Fsp3) is 0.500. The van der Waals surface area contributed by atoms with Gasteiger partial charge in [-0.25, -0.2) is 13.1 Å². The fourth-order valence-corrected chi connectivity index (χ4v) is 3.59. The summed E-state index contributed by atoms with van der Waals surface area (Å²) in [5.41, 5.74) is 0.961. The first-order valence-electron chi connectivity index (χ1n) is 6.00. The van der Waals surface area contributed by atoms with E-state index in [-0.39, 0.29) is 0 Å². The zero-order valence-corrected chi connectivity index (χ0v) is 13.1. The van der Waals surface area contributed by atoms with E-state index in [9.17, 15) is 8.42 Å². The lowest BCUT2D eigenvalue weighted by Gasteiger charge is -2.10. The zero-order valence-electron chi connectivity index (χ0n) is 10.7. The summed E-state index contributed by atoms with van der Waals surface area (Å²) in [5, 5.41) is 3.25. The van der Waals surface area contributed by atoms with Crippen LogP contribution in [0.1, 0.15) is 25.8 Å². The van der Waals surface area contributed by atoms with Crippen LogP contribution in [0.4, 0.5) is 0 Å². The third-order valence-corrected chi connectivity index (χ3v) is 4.91. The maximum Gasteiger partial charge on any atom is 0.241 e. The third-order valence-electron chi connectivity index (χ3n) is 2.38. The minimum Gasteiger partial charge on any atom is -0.313 e. The average Bonchev–Trinajstić information content (AvgIpc) is 2.31. The lowest BCUT2D eigenvalue weighted by molar-refractivity contribution is 0.583. The molecule has 18 heavy (non-hydrogen) atoms. The summed E-state index contributed by atoms with van der Waals surface area (Å²) in [5.74, 6) is 0. The normalized spacial score (nSPS) is 11.7. The van der Waals surface area contributed by atoms with E-state index >= 15 is 0 Å². The molecule has 0 amide bonds. The molecule has 0 aliphatic rings. The van der Waals surface area contributed by atoms with Gasteiger partial charge in [-0.05, 0) is 46.6 Å². The molecule has 1 aromatic rings. The quantitative estimate of drug-likeness (QED) is 0.752. The molecular weight excluding hydrogens is 316 g/mol. The molecule has 0 fully saturated rings. The molecule has 0 atom stereocenters. The van der Waals surface area contributed by atoms with Crippen molar-refractivity contribution >= 4 is 26.0 Å². The SMILES string of the molecule is CCCNCc1ccc(Br)c(S(=O)(=O)NCC)c1. The van der Waals surface area contributed by atoms with Crippen molar-refractivity contribution in [2.45, 2.75) is 31.7 Å². The Bertz CT molecular complexity index is 489. The summed E-state index contributed by atoms with van der Waals surface area (Å²) in [6.07, 6.45) is 1.05. The number of hydrogen-bond donors (Lipinski definition) is 2. The summed E-state index contributed by atoms with van der Waals surface area (Å²) >= 11 is 3.28. The average molecular weight is 335 g/mol. The molecule has 0 heterocycles. The van der Waals surface area contributed by atoms with E-state index < -0.39 is 10.0 Å². The minimum atomic E-state index is -3.42. The van der Waals surface area contributed by atoms with Crippen molar-refractivity contribution in [1.29, 1.82) is 0 Å². The smallest absolute Gasteiger partial charge is 0.241 e. The van der Waals surface area contributed by atoms with Gasteiger partial charge in [-0.15, -0.1) is 0 Å². The standard InChI is InChI=1S/C12H19BrN2O2S/c1-3-7-14-9-10-5-6-11(13)12(8-10)18(16,17)15-4-2/h5-6,8,14-15H,3-4,7,9H2,1-2H3. The first-order chi connectivity index (χ1) is 8.51. The van der Waals surface area contributed by atoms with Gasteiger partial charge in [0.1, 0.15) is 0 Å². The Kier molecular flexibility index (Phi) is 6.28. The predicted octanol–water partition coefficient (Wildman–Crippen LogP) is 2.25. The van der Waals surface area contributed by atoms with Gasteiger partial charge in [-0.2, -0.15) is 0 Å². The molecule has 1 aromatic carbocycles. The van der Waals surface area contributed by atoms with Crippen LogP contribution in [0, 0.1) is 0 Å². The molecular formula is C12H19BrN2O2S. The van der Waals surface area contributed by atoms with Crippen molar-refractivity contribution in [3.8, 4) is 0 Å². The second kappa shape index (κ2) is 7.23. The highest BCUT2D eigenvalue weighted by Gasteiger charge is 2.16. The number of benzene rings is 1. The van der Waals surface area contributed by atoms with Crippen LogP contribution in [-0.4, -0.2) is 21.5 Å². The molecule has 0 bridgehead atoms. The Morgan fingerprint density at radius 3 is 2.61 bits per heavy atom. The molecule has 0 saturated carbocycles. The molecule has 0 aromatic heterocycles. The van der Waals surface area contributed by atoms with Crippen LogP contribution in [0.3, 0.4) is 0 Å². The Hall–Kier alpha value is -0.430. The van der Waals surface area contributed by atoms with Gasteiger partial charge < -0.3 is 5.32 Å². The monoisotopic (exact) mass is 334 g/mol. The van der Waals surface area contributed by atoms with Crippen LogP contribution < -0.4 is 10.0 Å². The number of sulfonamides is 1. The molecule has 0 unspecified atom stereocenters. The summed E-state index contributed by atoms with van der Waals surface area (Å²) in [6, 6.07) is 5.38. The Morgan fingerprint density at radius 1 is 1.28 bits per heavy atom. The maximum atomic E-state index is 12.0. The van der Waals surface area contributed by atoms with Gasteiger partial charge >= 0.3 is 0 Å². The van der Waals surface area contributed by atoms with Gasteiger partial charge in [-0.3, -0.25) is 0 Å². The van der Waals surface area contributed by atoms with Crippen molar-refractivity contribution in [3.63, 3.8) is 0 Å². The van der Waals surface area contributed by atoms with Gasteiger partial charge in [-0.1, -0.05) is 19.9 Å². The number of rotatable bonds is 7. The first kappa shape index (κ1) is 15.6. The molecule has 0 aliphatic carbocycles. The summed E-state index contributed by atoms with van der Waals surface area (Å²) in [7, 11) is -3.42. The lowest BCUT2D eigenvalue weighted by Crippen LogP contribution is -2.24. The maximum absolute atomic E-state index is 12.0. The number of halogens is 1. The topological polar surface area (TPSA) is 58.2 Å². The largest absolute Gasteiger partial charge is 0.313 e. The Balaban J connectivity index is 2.94. The van der Waals surface area contributed by atoms with Crippen LogP contribution >= 0.6 is 15.9 Å². The van der Waals surface area contributed by atoms with E-state index in [0.29, 0.717) is 22.5 Å². The summed E-state index contributed by atoms with van der Waals surface area (Å²) in [6.45, 7) is 5.84. The van der Waals surface area contributed by atoms with E-state index in [1.54, 1.807) is 19.1 Å². The minimum absolute atomic E-state index is 0.292. The summed E-state index contributed by atoms with van der Waals surface area (Å²) < 4.78 is 27.0. The number of nitrogens with one attached hydrogen (secondary N) is 2. The molecule has 1 rings (SSSR count). The molecule has 6 heteroatoms. The van der Waals surface area contributed by atoms with Crippen molar-refractivity contribution in [2.75, 3.05) is 13.1 Å². The van der Waals surface area contributed by atoms with Crippen LogP contribution in [-0.2, 0) is 16.6 Å². The fourth-order valence-electron chi connectivity index (χ4n) is 1.54. The molecule has 102 valence electrons. The zero-order chi connectivity index (χ0) is 13.6. The van der Waals surface area contributed by atoms with Gasteiger partial charge in [0.2, 0.25) is 10.0 Å². The van der Waals surface area contributed by atoms with Crippen LogP contribution in [0.2, 0.25) is 0 Å². The molecule has 0 radical (unpaired) electrons. The van der Waals surface area contributed by atoms with Gasteiger partial charge in [0.05, 0.1) is 4.90 Å². The highest BCUT2D eigenvalue weighted by atomic mass is 79.9. The van der Waals surface area contributed by atoms with Crippen molar-refractivity contribution < 1.29 is 8.42 Å². The molecule has 4 nitrogen and oxygen atoms in total. The molecule has 2 N–H and O–H groups in total.